The molecule has 0 aromatic heterocycles. The van der Waals surface area contributed by atoms with Gasteiger partial charge < -0.3 is 5.32 Å². The molecule has 1 atom stereocenters. The quantitative estimate of drug-likeness (QED) is 0.697. The zero-order chi connectivity index (χ0) is 10.6. The van der Waals surface area contributed by atoms with Crippen LogP contribution in [0.25, 0.3) is 0 Å². The molecule has 1 unspecified atom stereocenters. The highest BCUT2D eigenvalue weighted by molar-refractivity contribution is 5.46. The van der Waals surface area contributed by atoms with Gasteiger partial charge in [0.2, 0.25) is 6.41 Å². The molecule has 1 rings (SSSR count). The van der Waals surface area contributed by atoms with E-state index in [0.717, 1.165) is 6.42 Å². The fraction of sp³-hybridized carbons (Fsp3) is 0.875. The van der Waals surface area contributed by atoms with Crippen LogP contribution in [0.4, 0.5) is 13.2 Å². The molecule has 0 saturated carbocycles. The highest BCUT2D eigenvalue weighted by atomic mass is 19.4. The van der Waals surface area contributed by atoms with Gasteiger partial charge in [-0.25, -0.2) is 0 Å². The van der Waals surface area contributed by atoms with Crippen molar-refractivity contribution in [2.45, 2.75) is 25.1 Å². The van der Waals surface area contributed by atoms with Crippen molar-refractivity contribution in [1.82, 2.24) is 10.2 Å². The van der Waals surface area contributed by atoms with Crippen molar-refractivity contribution in [1.29, 1.82) is 0 Å². The summed E-state index contributed by atoms with van der Waals surface area (Å²) in [6.07, 6.45) is -2.15. The van der Waals surface area contributed by atoms with Crippen LogP contribution in [0.2, 0.25) is 0 Å². The van der Waals surface area contributed by atoms with Crippen molar-refractivity contribution in [2.24, 2.45) is 0 Å². The van der Waals surface area contributed by atoms with Crippen molar-refractivity contribution in [3.63, 3.8) is 0 Å². The third-order valence-electron chi connectivity index (χ3n) is 2.21. The van der Waals surface area contributed by atoms with E-state index < -0.39 is 12.7 Å². The van der Waals surface area contributed by atoms with E-state index in [2.05, 4.69) is 5.32 Å². The summed E-state index contributed by atoms with van der Waals surface area (Å²) in [5, 5.41) is 2.51. The Kier molecular flexibility index (Phi) is 3.74. The molecule has 0 spiro atoms. The van der Waals surface area contributed by atoms with Crippen molar-refractivity contribution in [2.75, 3.05) is 19.6 Å². The van der Waals surface area contributed by atoms with Gasteiger partial charge in [0, 0.05) is 12.6 Å². The number of alkyl halides is 3. The lowest BCUT2D eigenvalue weighted by Crippen LogP contribution is -2.48. The maximum atomic E-state index is 12.0. The van der Waals surface area contributed by atoms with Crippen LogP contribution in [0.3, 0.4) is 0 Å². The average Bonchev–Trinajstić information content (AvgIpc) is 2.02. The number of carbonyl (C=O) groups is 1. The molecule has 6 heteroatoms. The third-order valence-corrected chi connectivity index (χ3v) is 2.21. The molecule has 0 aliphatic carbocycles. The molecular formula is C8H13F3N2O. The number of carbonyl (C=O) groups excluding carboxylic acids is 1. The van der Waals surface area contributed by atoms with E-state index >= 15 is 0 Å². The molecule has 1 amide bonds. The number of amides is 1. The molecule has 0 radical (unpaired) electrons. The first-order valence-electron chi connectivity index (χ1n) is 4.50. The van der Waals surface area contributed by atoms with Gasteiger partial charge in [0.25, 0.3) is 0 Å². The van der Waals surface area contributed by atoms with Crippen molar-refractivity contribution < 1.29 is 18.0 Å². The van der Waals surface area contributed by atoms with Crippen LogP contribution >= 0.6 is 0 Å². The second-order valence-electron chi connectivity index (χ2n) is 3.47. The van der Waals surface area contributed by atoms with Crippen molar-refractivity contribution in [3.05, 3.63) is 0 Å². The minimum atomic E-state index is -4.15. The molecule has 3 nitrogen and oxygen atoms in total. The molecule has 1 aliphatic rings. The smallest absolute Gasteiger partial charge is 0.355 e. The Morgan fingerprint density at radius 1 is 1.50 bits per heavy atom. The van der Waals surface area contributed by atoms with E-state index in [4.69, 9.17) is 0 Å². The molecule has 82 valence electrons. The number of nitrogens with one attached hydrogen (secondary N) is 1. The monoisotopic (exact) mass is 210 g/mol. The summed E-state index contributed by atoms with van der Waals surface area (Å²) in [5.41, 5.74) is 0. The second-order valence-corrected chi connectivity index (χ2v) is 3.47. The molecule has 1 N–H and O–H groups in total. The van der Waals surface area contributed by atoms with Gasteiger partial charge in [-0.2, -0.15) is 13.2 Å². The number of halogens is 3. The van der Waals surface area contributed by atoms with Crippen LogP contribution in [0.5, 0.6) is 0 Å². The van der Waals surface area contributed by atoms with Crippen LogP contribution in [0, 0.1) is 0 Å². The standard InChI is InChI=1S/C8H13F3N2O/c9-8(10,11)5-13-3-1-2-7(4-13)12-6-14/h6-7H,1-5H2,(H,12,14). The van der Waals surface area contributed by atoms with Gasteiger partial charge in [0.05, 0.1) is 6.54 Å². The first kappa shape index (κ1) is 11.3. The Bertz CT molecular complexity index is 196. The molecule has 1 heterocycles. The van der Waals surface area contributed by atoms with Gasteiger partial charge in [-0.3, -0.25) is 9.69 Å². The number of piperidine rings is 1. The summed E-state index contributed by atoms with van der Waals surface area (Å²) in [4.78, 5) is 11.4. The Morgan fingerprint density at radius 3 is 2.79 bits per heavy atom. The van der Waals surface area contributed by atoms with E-state index in [-0.39, 0.29) is 12.6 Å². The highest BCUT2D eigenvalue weighted by Crippen LogP contribution is 2.19. The maximum absolute atomic E-state index is 12.0. The van der Waals surface area contributed by atoms with Gasteiger partial charge >= 0.3 is 6.18 Å². The zero-order valence-electron chi connectivity index (χ0n) is 7.68. The summed E-state index contributed by atoms with van der Waals surface area (Å²) in [6, 6.07) is -0.136. The molecule has 1 saturated heterocycles. The second kappa shape index (κ2) is 4.63. The van der Waals surface area contributed by atoms with Crippen LogP contribution in [0.1, 0.15) is 12.8 Å². The Morgan fingerprint density at radius 2 is 2.21 bits per heavy atom. The fourth-order valence-corrected chi connectivity index (χ4v) is 1.68. The number of likely N-dealkylation sites (tertiary alicyclic amines) is 1. The Balaban J connectivity index is 2.36. The summed E-state index contributed by atoms with van der Waals surface area (Å²) in [5.74, 6) is 0. The highest BCUT2D eigenvalue weighted by Gasteiger charge is 2.32. The summed E-state index contributed by atoms with van der Waals surface area (Å²) < 4.78 is 36.1. The molecular weight excluding hydrogens is 197 g/mol. The van der Waals surface area contributed by atoms with Gasteiger partial charge in [0.15, 0.2) is 0 Å². The van der Waals surface area contributed by atoms with Crippen molar-refractivity contribution in [3.8, 4) is 0 Å². The number of rotatable bonds is 3. The maximum Gasteiger partial charge on any atom is 0.401 e. The molecule has 1 fully saturated rings. The SMILES string of the molecule is O=CNC1CCCN(CC(F)(F)F)C1. The van der Waals surface area contributed by atoms with E-state index in [1.165, 1.54) is 4.90 Å². The van der Waals surface area contributed by atoms with Crippen LogP contribution < -0.4 is 5.32 Å². The lowest BCUT2D eigenvalue weighted by molar-refractivity contribution is -0.148. The van der Waals surface area contributed by atoms with Crippen LogP contribution in [-0.4, -0.2) is 43.2 Å². The fourth-order valence-electron chi connectivity index (χ4n) is 1.68. The van der Waals surface area contributed by atoms with Crippen LogP contribution in [-0.2, 0) is 4.79 Å². The Hall–Kier alpha value is -0.780. The number of hydrogen-bond acceptors (Lipinski definition) is 2. The van der Waals surface area contributed by atoms with E-state index in [1.54, 1.807) is 0 Å². The Labute approximate surface area is 80.3 Å². The van der Waals surface area contributed by atoms with Gasteiger partial charge in [0.1, 0.15) is 0 Å². The van der Waals surface area contributed by atoms with Gasteiger partial charge in [-0.15, -0.1) is 0 Å². The molecule has 0 aromatic carbocycles. The largest absolute Gasteiger partial charge is 0.401 e. The normalized spacial score (nSPS) is 24.6. The molecule has 0 aromatic rings. The van der Waals surface area contributed by atoms with Gasteiger partial charge in [-0.1, -0.05) is 0 Å². The molecule has 0 bridgehead atoms. The first-order chi connectivity index (χ1) is 6.51. The summed E-state index contributed by atoms with van der Waals surface area (Å²) in [7, 11) is 0. The number of nitrogens with zero attached hydrogens (tertiary/aromatic N) is 1. The minimum Gasteiger partial charge on any atom is -0.355 e. The topological polar surface area (TPSA) is 32.3 Å². The van der Waals surface area contributed by atoms with Crippen molar-refractivity contribution >= 4 is 6.41 Å². The minimum absolute atomic E-state index is 0.136. The van der Waals surface area contributed by atoms with Gasteiger partial charge in [-0.05, 0) is 19.4 Å². The molecule has 14 heavy (non-hydrogen) atoms. The first-order valence-corrected chi connectivity index (χ1v) is 4.50. The lowest BCUT2D eigenvalue weighted by atomic mass is 10.1. The predicted octanol–water partition coefficient (Wildman–Crippen LogP) is 0.759. The van der Waals surface area contributed by atoms with E-state index in [0.29, 0.717) is 19.4 Å². The predicted molar refractivity (Wildman–Crippen MR) is 44.7 cm³/mol. The van der Waals surface area contributed by atoms with E-state index in [9.17, 15) is 18.0 Å². The summed E-state index contributed by atoms with van der Waals surface area (Å²) in [6.45, 7) is -0.140. The van der Waals surface area contributed by atoms with Crippen LogP contribution in [0.15, 0.2) is 0 Å². The summed E-state index contributed by atoms with van der Waals surface area (Å²) >= 11 is 0. The average molecular weight is 210 g/mol. The zero-order valence-corrected chi connectivity index (χ0v) is 7.68. The third kappa shape index (κ3) is 3.95. The van der Waals surface area contributed by atoms with E-state index in [1.807, 2.05) is 0 Å². The molecule has 1 aliphatic heterocycles. The number of hydrogen-bond donors (Lipinski definition) is 1. The lowest BCUT2D eigenvalue weighted by Gasteiger charge is -2.32.